The standard InChI is InChI=1S/C13H12ClFOS/c1-8-4-9(6-10(15)5-8)12(16)7-13-11(14)2-3-17-13/h2-6,12,16H,7H2,1H3. The molecule has 1 nitrogen and oxygen atoms in total. The average Bonchev–Trinajstić information content (AvgIpc) is 2.63. The molecule has 0 radical (unpaired) electrons. The Morgan fingerprint density at radius 2 is 2.18 bits per heavy atom. The molecule has 0 aliphatic rings. The van der Waals surface area contributed by atoms with Crippen LogP contribution in [0.1, 0.15) is 22.1 Å². The van der Waals surface area contributed by atoms with Crippen LogP contribution < -0.4 is 0 Å². The predicted octanol–water partition coefficient (Wildman–Crippen LogP) is 4.13. The summed E-state index contributed by atoms with van der Waals surface area (Å²) in [6.45, 7) is 1.80. The second-order valence-corrected chi connectivity index (χ2v) is 5.38. The Morgan fingerprint density at radius 3 is 2.76 bits per heavy atom. The summed E-state index contributed by atoms with van der Waals surface area (Å²) in [6, 6.07) is 6.38. The molecule has 0 saturated heterocycles. The third kappa shape index (κ3) is 3.06. The Bertz CT molecular complexity index is 504. The maximum Gasteiger partial charge on any atom is 0.123 e. The quantitative estimate of drug-likeness (QED) is 0.889. The lowest BCUT2D eigenvalue weighted by Gasteiger charge is -2.11. The Balaban J connectivity index is 2.20. The number of hydrogen-bond acceptors (Lipinski definition) is 2. The first kappa shape index (κ1) is 12.6. The molecule has 0 saturated carbocycles. The van der Waals surface area contributed by atoms with Gasteiger partial charge in [0.15, 0.2) is 0 Å². The fraction of sp³-hybridized carbons (Fsp3) is 0.231. The lowest BCUT2D eigenvalue weighted by atomic mass is 10.0. The molecular weight excluding hydrogens is 259 g/mol. The largest absolute Gasteiger partial charge is 0.388 e. The Kier molecular flexibility index (Phi) is 3.82. The van der Waals surface area contributed by atoms with E-state index in [1.54, 1.807) is 19.1 Å². The monoisotopic (exact) mass is 270 g/mol. The maximum atomic E-state index is 13.2. The first-order valence-electron chi connectivity index (χ1n) is 5.23. The number of rotatable bonds is 3. The van der Waals surface area contributed by atoms with Crippen molar-refractivity contribution in [1.29, 1.82) is 0 Å². The molecule has 0 amide bonds. The van der Waals surface area contributed by atoms with Gasteiger partial charge in [0.25, 0.3) is 0 Å². The summed E-state index contributed by atoms with van der Waals surface area (Å²) in [5, 5.41) is 12.6. The molecule has 1 N–H and O–H groups in total. The van der Waals surface area contributed by atoms with Crippen LogP contribution in [-0.2, 0) is 6.42 Å². The zero-order valence-electron chi connectivity index (χ0n) is 9.28. The van der Waals surface area contributed by atoms with E-state index in [1.807, 2.05) is 5.38 Å². The van der Waals surface area contributed by atoms with Crippen LogP contribution in [0.2, 0.25) is 5.02 Å². The van der Waals surface area contributed by atoms with Crippen LogP contribution in [0, 0.1) is 12.7 Å². The van der Waals surface area contributed by atoms with Crippen molar-refractivity contribution in [2.75, 3.05) is 0 Å². The van der Waals surface area contributed by atoms with Gasteiger partial charge in [-0.25, -0.2) is 4.39 Å². The van der Waals surface area contributed by atoms with E-state index in [0.717, 1.165) is 10.4 Å². The van der Waals surface area contributed by atoms with Gasteiger partial charge in [-0.15, -0.1) is 11.3 Å². The second-order valence-electron chi connectivity index (χ2n) is 3.97. The highest BCUT2D eigenvalue weighted by Crippen LogP contribution is 2.28. The van der Waals surface area contributed by atoms with Crippen LogP contribution in [-0.4, -0.2) is 5.11 Å². The van der Waals surface area contributed by atoms with E-state index in [0.29, 0.717) is 17.0 Å². The number of halogens is 2. The normalized spacial score (nSPS) is 12.7. The summed E-state index contributed by atoms with van der Waals surface area (Å²) in [4.78, 5) is 0.918. The summed E-state index contributed by atoms with van der Waals surface area (Å²) in [5.74, 6) is -0.323. The number of thiophene rings is 1. The van der Waals surface area contributed by atoms with Gasteiger partial charge in [0.1, 0.15) is 5.82 Å². The summed E-state index contributed by atoms with van der Waals surface area (Å²) in [5.41, 5.74) is 1.39. The molecule has 1 aromatic heterocycles. The van der Waals surface area contributed by atoms with Crippen molar-refractivity contribution in [2.24, 2.45) is 0 Å². The summed E-state index contributed by atoms with van der Waals surface area (Å²) in [7, 11) is 0. The first-order valence-corrected chi connectivity index (χ1v) is 6.49. The van der Waals surface area contributed by atoms with Gasteiger partial charge in [0, 0.05) is 11.3 Å². The molecule has 90 valence electrons. The molecule has 0 aliphatic heterocycles. The van der Waals surface area contributed by atoms with E-state index in [2.05, 4.69) is 0 Å². The molecule has 1 unspecified atom stereocenters. The van der Waals surface area contributed by atoms with Crippen molar-refractivity contribution >= 4 is 22.9 Å². The molecule has 1 atom stereocenters. The van der Waals surface area contributed by atoms with E-state index >= 15 is 0 Å². The molecule has 0 spiro atoms. The minimum Gasteiger partial charge on any atom is -0.388 e. The van der Waals surface area contributed by atoms with Crippen molar-refractivity contribution in [3.8, 4) is 0 Å². The summed E-state index contributed by atoms with van der Waals surface area (Å²) < 4.78 is 13.2. The average molecular weight is 271 g/mol. The van der Waals surface area contributed by atoms with Crippen molar-refractivity contribution in [3.63, 3.8) is 0 Å². The molecule has 1 aromatic carbocycles. The minimum absolute atomic E-state index is 0.323. The van der Waals surface area contributed by atoms with Gasteiger partial charge in [-0.3, -0.25) is 0 Å². The molecule has 0 fully saturated rings. The highest BCUT2D eigenvalue weighted by atomic mass is 35.5. The lowest BCUT2D eigenvalue weighted by molar-refractivity contribution is 0.179. The highest BCUT2D eigenvalue weighted by Gasteiger charge is 2.13. The van der Waals surface area contributed by atoms with Gasteiger partial charge in [-0.2, -0.15) is 0 Å². The predicted molar refractivity (Wildman–Crippen MR) is 69.1 cm³/mol. The SMILES string of the molecule is Cc1cc(F)cc(C(O)Cc2sccc2Cl)c1. The second kappa shape index (κ2) is 5.17. The van der Waals surface area contributed by atoms with Gasteiger partial charge in [-0.05, 0) is 41.6 Å². The summed E-state index contributed by atoms with van der Waals surface area (Å²) in [6.07, 6.45) is -0.306. The smallest absolute Gasteiger partial charge is 0.123 e. The van der Waals surface area contributed by atoms with E-state index in [-0.39, 0.29) is 5.82 Å². The molecule has 0 aliphatic carbocycles. The lowest BCUT2D eigenvalue weighted by Crippen LogP contribution is -2.02. The van der Waals surface area contributed by atoms with Gasteiger partial charge in [0.2, 0.25) is 0 Å². The van der Waals surface area contributed by atoms with Crippen molar-refractivity contribution in [3.05, 3.63) is 56.5 Å². The molecule has 2 aromatic rings. The van der Waals surface area contributed by atoms with E-state index in [1.165, 1.54) is 23.5 Å². The Labute approximate surface area is 108 Å². The third-order valence-electron chi connectivity index (χ3n) is 2.52. The van der Waals surface area contributed by atoms with Crippen molar-refractivity contribution in [1.82, 2.24) is 0 Å². The van der Waals surface area contributed by atoms with Crippen LogP contribution in [0.4, 0.5) is 4.39 Å². The first-order chi connectivity index (χ1) is 8.06. The number of aliphatic hydroxyl groups is 1. The fourth-order valence-electron chi connectivity index (χ4n) is 1.72. The van der Waals surface area contributed by atoms with Gasteiger partial charge in [0.05, 0.1) is 11.1 Å². The Morgan fingerprint density at radius 1 is 1.41 bits per heavy atom. The number of aliphatic hydroxyl groups excluding tert-OH is 1. The number of aryl methyl sites for hydroxylation is 1. The van der Waals surface area contributed by atoms with E-state index in [4.69, 9.17) is 11.6 Å². The molecular formula is C13H12ClFOS. The molecule has 0 bridgehead atoms. The molecule has 2 rings (SSSR count). The van der Waals surface area contributed by atoms with Crippen LogP contribution in [0.5, 0.6) is 0 Å². The van der Waals surface area contributed by atoms with E-state index in [9.17, 15) is 9.50 Å². The number of hydrogen-bond donors (Lipinski definition) is 1. The van der Waals surface area contributed by atoms with Crippen LogP contribution in [0.15, 0.2) is 29.6 Å². The van der Waals surface area contributed by atoms with Crippen molar-refractivity contribution in [2.45, 2.75) is 19.4 Å². The van der Waals surface area contributed by atoms with Crippen LogP contribution in [0.3, 0.4) is 0 Å². The number of benzene rings is 1. The molecule has 1 heterocycles. The molecule has 4 heteroatoms. The minimum atomic E-state index is -0.722. The zero-order chi connectivity index (χ0) is 12.4. The maximum absolute atomic E-state index is 13.2. The topological polar surface area (TPSA) is 20.2 Å². The van der Waals surface area contributed by atoms with Gasteiger partial charge < -0.3 is 5.11 Å². The van der Waals surface area contributed by atoms with Crippen LogP contribution >= 0.6 is 22.9 Å². The van der Waals surface area contributed by atoms with Gasteiger partial charge in [-0.1, -0.05) is 17.7 Å². The van der Waals surface area contributed by atoms with Crippen LogP contribution in [0.25, 0.3) is 0 Å². The summed E-state index contributed by atoms with van der Waals surface area (Å²) >= 11 is 7.45. The third-order valence-corrected chi connectivity index (χ3v) is 3.93. The fourth-order valence-corrected chi connectivity index (χ4v) is 2.87. The Hall–Kier alpha value is -0.900. The van der Waals surface area contributed by atoms with Crippen molar-refractivity contribution < 1.29 is 9.50 Å². The zero-order valence-corrected chi connectivity index (χ0v) is 10.9. The molecule has 17 heavy (non-hydrogen) atoms. The van der Waals surface area contributed by atoms with Gasteiger partial charge >= 0.3 is 0 Å². The van der Waals surface area contributed by atoms with E-state index < -0.39 is 6.10 Å². The highest BCUT2D eigenvalue weighted by molar-refractivity contribution is 7.10.